The third-order valence-corrected chi connectivity index (χ3v) is 6.19. The van der Waals surface area contributed by atoms with Crippen LogP contribution in [0.5, 0.6) is 11.5 Å². The highest BCUT2D eigenvalue weighted by molar-refractivity contribution is 8.01. The number of unbranched alkanes of at least 4 members (excludes halogenated alkanes) is 1. The van der Waals surface area contributed by atoms with E-state index in [4.69, 9.17) is 9.84 Å². The Morgan fingerprint density at radius 1 is 1.14 bits per heavy atom. The van der Waals surface area contributed by atoms with Crippen LogP contribution in [-0.4, -0.2) is 33.7 Å². The topological polar surface area (TPSA) is 66.8 Å². The lowest BCUT2D eigenvalue weighted by Gasteiger charge is -2.23. The minimum absolute atomic E-state index is 0.0408. The second-order valence-corrected chi connectivity index (χ2v) is 8.07. The van der Waals surface area contributed by atoms with Crippen molar-refractivity contribution in [1.82, 2.24) is 4.90 Å². The number of ether oxygens (including phenoxy) is 1. The summed E-state index contributed by atoms with van der Waals surface area (Å²) < 4.78 is 5.92. The van der Waals surface area contributed by atoms with Gasteiger partial charge in [0.1, 0.15) is 16.9 Å². The maximum atomic E-state index is 12.9. The van der Waals surface area contributed by atoms with Gasteiger partial charge in [0.2, 0.25) is 5.91 Å². The first-order valence-electron chi connectivity index (χ1n) is 9.59. The lowest BCUT2D eigenvalue weighted by atomic mass is 10.1. The van der Waals surface area contributed by atoms with E-state index in [0.717, 1.165) is 30.6 Å². The predicted molar refractivity (Wildman–Crippen MR) is 111 cm³/mol. The van der Waals surface area contributed by atoms with Crippen molar-refractivity contribution in [2.45, 2.75) is 43.2 Å². The summed E-state index contributed by atoms with van der Waals surface area (Å²) in [5, 5.41) is 8.77. The molecule has 1 heterocycles. The molecule has 148 valence electrons. The first-order chi connectivity index (χ1) is 13.6. The fourth-order valence-electron chi connectivity index (χ4n) is 3.23. The number of carbonyl (C=O) groups is 2. The van der Waals surface area contributed by atoms with E-state index < -0.39 is 5.97 Å². The summed E-state index contributed by atoms with van der Waals surface area (Å²) in [6.07, 6.45) is 2.79. The smallest absolute Gasteiger partial charge is 0.305 e. The monoisotopic (exact) mass is 399 g/mol. The molecule has 28 heavy (non-hydrogen) atoms. The fraction of sp³-hybridized carbons (Fsp3) is 0.364. The molecule has 1 aliphatic rings. The van der Waals surface area contributed by atoms with E-state index in [-0.39, 0.29) is 29.5 Å². The number of aliphatic carboxylic acids is 1. The van der Waals surface area contributed by atoms with Gasteiger partial charge in [-0.3, -0.25) is 9.59 Å². The highest BCUT2D eigenvalue weighted by atomic mass is 32.2. The van der Waals surface area contributed by atoms with Crippen molar-refractivity contribution in [1.29, 1.82) is 0 Å². The molecule has 1 N–H and O–H groups in total. The zero-order chi connectivity index (χ0) is 19.9. The number of thioether (sulfide) groups is 1. The van der Waals surface area contributed by atoms with Crippen molar-refractivity contribution in [2.24, 2.45) is 0 Å². The van der Waals surface area contributed by atoms with E-state index in [1.807, 2.05) is 54.6 Å². The quantitative estimate of drug-likeness (QED) is 0.636. The van der Waals surface area contributed by atoms with Crippen LogP contribution in [0.3, 0.4) is 0 Å². The second-order valence-electron chi connectivity index (χ2n) is 6.78. The van der Waals surface area contributed by atoms with Gasteiger partial charge in [0.25, 0.3) is 0 Å². The molecule has 2 aromatic carbocycles. The van der Waals surface area contributed by atoms with E-state index in [1.54, 1.807) is 16.7 Å². The minimum Gasteiger partial charge on any atom is -0.481 e. The van der Waals surface area contributed by atoms with E-state index in [1.165, 1.54) is 0 Å². The van der Waals surface area contributed by atoms with Gasteiger partial charge in [-0.15, -0.1) is 11.8 Å². The Kier molecular flexibility index (Phi) is 6.98. The van der Waals surface area contributed by atoms with Crippen LogP contribution < -0.4 is 4.74 Å². The number of carboxylic acid groups (broad SMARTS) is 1. The van der Waals surface area contributed by atoms with Gasteiger partial charge >= 0.3 is 5.97 Å². The Bertz CT molecular complexity index is 811. The molecule has 1 fully saturated rings. The molecule has 0 saturated carbocycles. The van der Waals surface area contributed by atoms with Crippen molar-refractivity contribution < 1.29 is 19.4 Å². The third-order valence-electron chi connectivity index (χ3n) is 4.64. The van der Waals surface area contributed by atoms with Crippen molar-refractivity contribution in [3.05, 3.63) is 60.2 Å². The number of amides is 1. The van der Waals surface area contributed by atoms with Gasteiger partial charge in [-0.1, -0.05) is 50.1 Å². The Morgan fingerprint density at radius 2 is 1.89 bits per heavy atom. The highest BCUT2D eigenvalue weighted by Gasteiger charge is 2.40. The van der Waals surface area contributed by atoms with Crippen LogP contribution in [0.1, 0.15) is 43.5 Å². The summed E-state index contributed by atoms with van der Waals surface area (Å²) in [7, 11) is 0. The number of carboxylic acids is 1. The molecule has 0 radical (unpaired) electrons. The Morgan fingerprint density at radius 3 is 2.61 bits per heavy atom. The van der Waals surface area contributed by atoms with Gasteiger partial charge in [0.05, 0.1) is 11.7 Å². The van der Waals surface area contributed by atoms with Gasteiger partial charge in [-0.2, -0.15) is 0 Å². The van der Waals surface area contributed by atoms with Crippen LogP contribution in [0, 0.1) is 0 Å². The molecule has 2 atom stereocenters. The number of rotatable bonds is 9. The normalized spacial score (nSPS) is 19.0. The fourth-order valence-corrected chi connectivity index (χ4v) is 4.75. The molecule has 1 amide bonds. The van der Waals surface area contributed by atoms with Gasteiger partial charge in [-0.05, 0) is 36.2 Å². The van der Waals surface area contributed by atoms with E-state index >= 15 is 0 Å². The summed E-state index contributed by atoms with van der Waals surface area (Å²) in [6, 6.07) is 17.2. The van der Waals surface area contributed by atoms with Crippen LogP contribution >= 0.6 is 11.8 Å². The standard InChI is InChI=1S/C22H25NO4S/c1-2-3-12-19-21(26)23(14-13-20(24)25)22(28-19)16-8-7-11-18(15-16)27-17-9-5-4-6-10-17/h4-11,15,19,22H,2-3,12-14H2,1H3,(H,24,25). The third kappa shape index (κ3) is 5.07. The average molecular weight is 400 g/mol. The largest absolute Gasteiger partial charge is 0.481 e. The number of para-hydroxylation sites is 1. The molecule has 2 unspecified atom stereocenters. The SMILES string of the molecule is CCCCC1SC(c2cccc(Oc3ccccc3)c2)N(CCC(=O)O)C1=O. The summed E-state index contributed by atoms with van der Waals surface area (Å²) in [4.78, 5) is 25.6. The van der Waals surface area contributed by atoms with Gasteiger partial charge in [0, 0.05) is 6.54 Å². The Labute approximate surface area is 169 Å². The minimum atomic E-state index is -0.894. The molecule has 0 aromatic heterocycles. The predicted octanol–water partition coefficient (Wildman–Crippen LogP) is 5.09. The van der Waals surface area contributed by atoms with E-state index in [9.17, 15) is 9.59 Å². The molecule has 0 aliphatic carbocycles. The van der Waals surface area contributed by atoms with Crippen LogP contribution in [0.15, 0.2) is 54.6 Å². The Hall–Kier alpha value is -2.47. The summed E-state index contributed by atoms with van der Waals surface area (Å²) >= 11 is 1.61. The first kappa shape index (κ1) is 20.3. The van der Waals surface area contributed by atoms with Gasteiger partial charge < -0.3 is 14.7 Å². The maximum Gasteiger partial charge on any atom is 0.305 e. The first-order valence-corrected chi connectivity index (χ1v) is 10.5. The van der Waals surface area contributed by atoms with E-state index in [2.05, 4.69) is 6.92 Å². The number of hydrogen-bond donors (Lipinski definition) is 1. The summed E-state index contributed by atoms with van der Waals surface area (Å²) in [6.45, 7) is 2.33. The zero-order valence-electron chi connectivity index (χ0n) is 15.9. The van der Waals surface area contributed by atoms with Crippen LogP contribution in [0.4, 0.5) is 0 Å². The highest BCUT2D eigenvalue weighted by Crippen LogP contribution is 2.45. The summed E-state index contributed by atoms with van der Waals surface area (Å²) in [5.74, 6) is 0.596. The van der Waals surface area contributed by atoms with Crippen molar-refractivity contribution in [3.63, 3.8) is 0 Å². The van der Waals surface area contributed by atoms with Gasteiger partial charge in [0.15, 0.2) is 0 Å². The molecule has 5 nitrogen and oxygen atoms in total. The molecule has 2 aromatic rings. The second kappa shape index (κ2) is 9.64. The number of carbonyl (C=O) groups excluding carboxylic acids is 1. The van der Waals surface area contributed by atoms with E-state index in [0.29, 0.717) is 5.75 Å². The van der Waals surface area contributed by atoms with Crippen LogP contribution in [0.25, 0.3) is 0 Å². The van der Waals surface area contributed by atoms with Crippen LogP contribution in [-0.2, 0) is 9.59 Å². The molecule has 1 saturated heterocycles. The Balaban J connectivity index is 1.80. The van der Waals surface area contributed by atoms with Crippen LogP contribution in [0.2, 0.25) is 0 Å². The lowest BCUT2D eigenvalue weighted by molar-refractivity contribution is -0.138. The molecule has 3 rings (SSSR count). The van der Waals surface area contributed by atoms with Crippen molar-refractivity contribution >= 4 is 23.6 Å². The van der Waals surface area contributed by atoms with Gasteiger partial charge in [-0.25, -0.2) is 0 Å². The van der Waals surface area contributed by atoms with Crippen molar-refractivity contribution in [3.8, 4) is 11.5 Å². The average Bonchev–Trinajstić information content (AvgIpc) is 3.01. The number of nitrogens with zero attached hydrogens (tertiary/aromatic N) is 1. The molecule has 0 bridgehead atoms. The molecule has 6 heteroatoms. The molecule has 0 spiro atoms. The lowest BCUT2D eigenvalue weighted by Crippen LogP contribution is -2.33. The number of hydrogen-bond acceptors (Lipinski definition) is 4. The maximum absolute atomic E-state index is 12.9. The molecular formula is C22H25NO4S. The summed E-state index contributed by atoms with van der Waals surface area (Å²) in [5.41, 5.74) is 0.955. The molecule has 1 aliphatic heterocycles. The number of benzene rings is 2. The zero-order valence-corrected chi connectivity index (χ0v) is 16.7. The van der Waals surface area contributed by atoms with Crippen molar-refractivity contribution in [2.75, 3.05) is 6.54 Å². The molecular weight excluding hydrogens is 374 g/mol.